The van der Waals surface area contributed by atoms with E-state index in [2.05, 4.69) is 13.8 Å². The molecule has 0 rings (SSSR count). The topological polar surface area (TPSA) is 90.0 Å². The Balaban J connectivity index is 4.18. The summed E-state index contributed by atoms with van der Waals surface area (Å²) in [4.78, 5) is 52.3. The molecule has 1 atom stereocenters. The summed E-state index contributed by atoms with van der Waals surface area (Å²) in [6, 6.07) is 0. The molecule has 0 fully saturated rings. The molecule has 8 heteroatoms. The van der Waals surface area contributed by atoms with Gasteiger partial charge in [-0.05, 0) is 25.7 Å². The van der Waals surface area contributed by atoms with Crippen LogP contribution in [0.5, 0.6) is 0 Å². The molecule has 0 aliphatic carbocycles. The first-order valence-electron chi connectivity index (χ1n) is 11.0. The number of ketones is 1. The highest BCUT2D eigenvalue weighted by Gasteiger charge is 2.25. The Kier molecular flexibility index (Phi) is 17.5. The molecule has 0 aromatic heterocycles. The van der Waals surface area contributed by atoms with Crippen LogP contribution in [0.15, 0.2) is 0 Å². The Morgan fingerprint density at radius 3 is 2.10 bits per heavy atom. The molecule has 0 saturated carbocycles. The largest absolute Gasteiger partial charge is 0.338 e. The lowest BCUT2D eigenvalue weighted by Crippen LogP contribution is -2.36. The van der Waals surface area contributed by atoms with Gasteiger partial charge in [-0.3, -0.25) is 9.59 Å². The summed E-state index contributed by atoms with van der Waals surface area (Å²) in [5.41, 5.74) is 0. The summed E-state index contributed by atoms with van der Waals surface area (Å²) in [5.74, 6) is -0.480. The second-order valence-corrected chi connectivity index (χ2v) is 8.56. The summed E-state index contributed by atoms with van der Waals surface area (Å²) >= 11 is 0.858. The Labute approximate surface area is 185 Å². The Hall–Kier alpha value is -1.41. The molecule has 0 aromatic carbocycles. The van der Waals surface area contributed by atoms with Crippen molar-refractivity contribution in [1.29, 1.82) is 0 Å². The van der Waals surface area contributed by atoms with Gasteiger partial charge in [-0.2, -0.15) is 5.06 Å². The molecule has 30 heavy (non-hydrogen) atoms. The number of hydrogen-bond donors (Lipinski definition) is 0. The third-order valence-corrected chi connectivity index (χ3v) is 5.74. The maximum atomic E-state index is 12.5. The Morgan fingerprint density at radius 1 is 0.967 bits per heavy atom. The number of amides is 1. The summed E-state index contributed by atoms with van der Waals surface area (Å²) < 4.78 is 4.85. The van der Waals surface area contributed by atoms with Crippen LogP contribution in [-0.4, -0.2) is 48.4 Å². The number of nitrogens with zero attached hydrogens (tertiary/aromatic N) is 1. The molecule has 1 amide bonds. The zero-order valence-corrected chi connectivity index (χ0v) is 19.8. The van der Waals surface area contributed by atoms with E-state index < -0.39 is 17.1 Å². The normalized spacial score (nSPS) is 11.9. The van der Waals surface area contributed by atoms with Gasteiger partial charge >= 0.3 is 5.97 Å². The predicted octanol–water partition coefficient (Wildman–Crippen LogP) is 4.67. The molecule has 0 aromatic rings. The maximum Gasteiger partial charge on any atom is 0.332 e. The van der Waals surface area contributed by atoms with Gasteiger partial charge in [0.2, 0.25) is 0 Å². The lowest BCUT2D eigenvalue weighted by atomic mass is 9.89. The van der Waals surface area contributed by atoms with Crippen molar-refractivity contribution in [2.45, 2.75) is 96.1 Å². The van der Waals surface area contributed by atoms with E-state index in [1.807, 2.05) is 0 Å². The van der Waals surface area contributed by atoms with Gasteiger partial charge in [-0.15, -0.1) is 0 Å². The predicted molar refractivity (Wildman–Crippen MR) is 119 cm³/mol. The fourth-order valence-electron chi connectivity index (χ4n) is 3.15. The van der Waals surface area contributed by atoms with Crippen molar-refractivity contribution in [3.05, 3.63) is 0 Å². The smallest absolute Gasteiger partial charge is 0.332 e. The van der Waals surface area contributed by atoms with Crippen molar-refractivity contribution < 1.29 is 28.2 Å². The monoisotopic (exact) mass is 445 g/mol. The molecule has 0 bridgehead atoms. The second kappa shape index (κ2) is 18.4. The van der Waals surface area contributed by atoms with Crippen LogP contribution in [0.25, 0.3) is 0 Å². The van der Waals surface area contributed by atoms with E-state index in [1.165, 1.54) is 14.2 Å². The van der Waals surface area contributed by atoms with Crippen LogP contribution >= 0.6 is 12.0 Å². The average molecular weight is 446 g/mol. The van der Waals surface area contributed by atoms with Gasteiger partial charge in [-0.25, -0.2) is 4.79 Å². The van der Waals surface area contributed by atoms with Crippen LogP contribution < -0.4 is 0 Å². The quantitative estimate of drug-likeness (QED) is 0.131. The molecule has 0 aliphatic rings. The van der Waals surface area contributed by atoms with Crippen LogP contribution in [-0.2, 0) is 28.2 Å². The van der Waals surface area contributed by atoms with Crippen LogP contribution in [0, 0.1) is 5.92 Å². The van der Waals surface area contributed by atoms with Crippen LogP contribution in [0.2, 0.25) is 0 Å². The standard InChI is InChI=1S/C22H39NO6S/c1-5-7-12-18(13-8-6-2)19(25)14-10-9-11-15-21(26)29-23(3)22(27)20(16-17-24)30-28-4/h17-18,20H,5-16H2,1-4H3. The number of hydrogen-bond acceptors (Lipinski definition) is 7. The summed E-state index contributed by atoms with van der Waals surface area (Å²) in [7, 11) is 2.75. The molecule has 0 saturated heterocycles. The molecular formula is C22H39NO6S. The van der Waals surface area contributed by atoms with E-state index in [0.717, 1.165) is 68.5 Å². The maximum absolute atomic E-state index is 12.5. The fourth-order valence-corrected chi connectivity index (χ4v) is 3.77. The van der Waals surface area contributed by atoms with Gasteiger partial charge in [0.25, 0.3) is 5.91 Å². The van der Waals surface area contributed by atoms with Crippen molar-refractivity contribution in [3.8, 4) is 0 Å². The minimum absolute atomic E-state index is 0.0231. The van der Waals surface area contributed by atoms with Crippen LogP contribution in [0.3, 0.4) is 0 Å². The highest BCUT2D eigenvalue weighted by Crippen LogP contribution is 2.20. The van der Waals surface area contributed by atoms with Crippen molar-refractivity contribution in [2.75, 3.05) is 14.2 Å². The molecule has 0 aliphatic heterocycles. The Bertz CT molecular complexity index is 506. The summed E-state index contributed by atoms with van der Waals surface area (Å²) in [6.07, 6.45) is 9.83. The number of hydroxylamine groups is 2. The van der Waals surface area contributed by atoms with E-state index in [4.69, 9.17) is 9.02 Å². The number of unbranched alkanes of at least 4 members (excludes halogenated alkanes) is 4. The number of aldehydes is 1. The lowest BCUT2D eigenvalue weighted by molar-refractivity contribution is -0.192. The van der Waals surface area contributed by atoms with Crippen LogP contribution in [0.4, 0.5) is 0 Å². The molecule has 0 heterocycles. The summed E-state index contributed by atoms with van der Waals surface area (Å²) in [5, 5.41) is 0.114. The molecule has 174 valence electrons. The highest BCUT2D eigenvalue weighted by atomic mass is 32.2. The Morgan fingerprint density at radius 2 is 1.57 bits per heavy atom. The SMILES string of the molecule is CCCCC(CCCC)C(=O)CCCCCC(=O)ON(C)C(=O)C(CC=O)SOC. The zero-order valence-electron chi connectivity index (χ0n) is 19.0. The number of carbonyl (C=O) groups excluding carboxylic acids is 4. The van der Waals surface area contributed by atoms with Crippen LogP contribution in [0.1, 0.15) is 90.9 Å². The number of carbonyl (C=O) groups is 4. The third kappa shape index (κ3) is 13.0. The molecular weight excluding hydrogens is 406 g/mol. The fraction of sp³-hybridized carbons (Fsp3) is 0.818. The van der Waals surface area contributed by atoms with Gasteiger partial charge in [-0.1, -0.05) is 46.0 Å². The van der Waals surface area contributed by atoms with Crippen molar-refractivity contribution in [3.63, 3.8) is 0 Å². The molecule has 0 N–H and O–H groups in total. The van der Waals surface area contributed by atoms with Gasteiger partial charge in [0, 0.05) is 44.3 Å². The van der Waals surface area contributed by atoms with E-state index in [0.29, 0.717) is 24.9 Å². The van der Waals surface area contributed by atoms with E-state index in [9.17, 15) is 19.2 Å². The first-order chi connectivity index (χ1) is 14.4. The number of Topliss-reactive ketones (excluding diaryl/α,β-unsaturated/α-hetero) is 1. The van der Waals surface area contributed by atoms with E-state index in [-0.39, 0.29) is 18.8 Å². The average Bonchev–Trinajstić information content (AvgIpc) is 2.72. The van der Waals surface area contributed by atoms with E-state index >= 15 is 0 Å². The first-order valence-corrected chi connectivity index (χ1v) is 11.9. The van der Waals surface area contributed by atoms with Gasteiger partial charge in [0.05, 0.1) is 7.11 Å². The molecule has 0 spiro atoms. The van der Waals surface area contributed by atoms with E-state index in [1.54, 1.807) is 0 Å². The molecule has 7 nitrogen and oxygen atoms in total. The van der Waals surface area contributed by atoms with Crippen molar-refractivity contribution in [2.24, 2.45) is 5.92 Å². The van der Waals surface area contributed by atoms with Gasteiger partial charge < -0.3 is 13.8 Å². The molecule has 1 unspecified atom stereocenters. The molecule has 0 radical (unpaired) electrons. The highest BCUT2D eigenvalue weighted by molar-refractivity contribution is 7.96. The summed E-state index contributed by atoms with van der Waals surface area (Å²) in [6.45, 7) is 4.29. The minimum atomic E-state index is -0.746. The lowest BCUT2D eigenvalue weighted by Gasteiger charge is -2.20. The van der Waals surface area contributed by atoms with Gasteiger partial charge in [0.1, 0.15) is 17.3 Å². The first kappa shape index (κ1) is 28.6. The second-order valence-electron chi connectivity index (χ2n) is 7.46. The minimum Gasteiger partial charge on any atom is -0.338 e. The van der Waals surface area contributed by atoms with Crippen molar-refractivity contribution in [1.82, 2.24) is 5.06 Å². The third-order valence-electron chi connectivity index (χ3n) is 4.92. The van der Waals surface area contributed by atoms with Crippen molar-refractivity contribution >= 4 is 36.0 Å². The number of rotatable bonds is 18. The van der Waals surface area contributed by atoms with Gasteiger partial charge in [0.15, 0.2) is 0 Å². The zero-order chi connectivity index (χ0) is 22.8.